The summed E-state index contributed by atoms with van der Waals surface area (Å²) >= 11 is 0. The van der Waals surface area contributed by atoms with Crippen LogP contribution in [0.2, 0.25) is 0 Å². The third-order valence-corrected chi connectivity index (χ3v) is 5.56. The van der Waals surface area contributed by atoms with Gasteiger partial charge in [-0.25, -0.2) is 4.79 Å². The second-order valence-electron chi connectivity index (χ2n) is 7.32. The first kappa shape index (κ1) is 20.4. The van der Waals surface area contributed by atoms with E-state index in [4.69, 9.17) is 4.74 Å². The van der Waals surface area contributed by atoms with Gasteiger partial charge in [0.1, 0.15) is 6.54 Å². The van der Waals surface area contributed by atoms with Crippen molar-refractivity contribution in [2.24, 2.45) is 0 Å². The molecule has 1 saturated heterocycles. The lowest BCUT2D eigenvalue weighted by atomic mass is 10.2. The predicted molar refractivity (Wildman–Crippen MR) is 115 cm³/mol. The van der Waals surface area contributed by atoms with E-state index in [2.05, 4.69) is 4.90 Å². The number of nitrogens with zero attached hydrogens (tertiary/aromatic N) is 4. The van der Waals surface area contributed by atoms with Crippen LogP contribution in [0.5, 0.6) is 0 Å². The summed E-state index contributed by atoms with van der Waals surface area (Å²) in [6.45, 7) is 2.53. The second kappa shape index (κ2) is 8.47. The maximum Gasteiger partial charge on any atom is 0.340 e. The molecule has 0 spiro atoms. The van der Waals surface area contributed by atoms with Crippen molar-refractivity contribution in [2.45, 2.75) is 6.54 Å². The van der Waals surface area contributed by atoms with Gasteiger partial charge in [-0.2, -0.15) is 0 Å². The molecule has 0 saturated carbocycles. The summed E-state index contributed by atoms with van der Waals surface area (Å²) in [4.78, 5) is 39.3. The molecule has 0 N–H and O–H groups in total. The summed E-state index contributed by atoms with van der Waals surface area (Å²) in [7, 11) is 1.34. The smallest absolute Gasteiger partial charge is 0.340 e. The summed E-state index contributed by atoms with van der Waals surface area (Å²) in [6, 6.07) is 13.9. The number of aromatic nitrogens is 1. The van der Waals surface area contributed by atoms with Crippen LogP contribution in [0.25, 0.3) is 10.9 Å². The summed E-state index contributed by atoms with van der Waals surface area (Å²) in [5.41, 5.74) is 2.20. The van der Waals surface area contributed by atoms with E-state index in [1.54, 1.807) is 27.8 Å². The zero-order valence-corrected chi connectivity index (χ0v) is 17.1. The summed E-state index contributed by atoms with van der Waals surface area (Å²) in [5.74, 6) is -0.459. The molecule has 0 aliphatic carbocycles. The number of rotatable bonds is 5. The fourth-order valence-electron chi connectivity index (χ4n) is 3.90. The van der Waals surface area contributed by atoms with Gasteiger partial charge in [-0.15, -0.1) is 0 Å². The van der Waals surface area contributed by atoms with E-state index in [1.807, 2.05) is 24.3 Å². The quantitative estimate of drug-likeness (QED) is 0.356. The Kier molecular flexibility index (Phi) is 5.57. The number of benzene rings is 2. The minimum absolute atomic E-state index is 0.0273. The van der Waals surface area contributed by atoms with E-state index in [0.717, 1.165) is 16.6 Å². The van der Waals surface area contributed by atoms with Crippen LogP contribution in [-0.2, 0) is 16.1 Å². The zero-order valence-electron chi connectivity index (χ0n) is 17.1. The van der Waals surface area contributed by atoms with Crippen LogP contribution in [0, 0.1) is 10.1 Å². The molecule has 2 heterocycles. The van der Waals surface area contributed by atoms with Gasteiger partial charge < -0.3 is 19.1 Å². The van der Waals surface area contributed by atoms with E-state index in [0.29, 0.717) is 31.7 Å². The Morgan fingerprint density at radius 2 is 1.71 bits per heavy atom. The lowest BCUT2D eigenvalue weighted by Crippen LogP contribution is -2.49. The molecule has 160 valence electrons. The van der Waals surface area contributed by atoms with Gasteiger partial charge in [0.25, 0.3) is 5.69 Å². The van der Waals surface area contributed by atoms with E-state index in [9.17, 15) is 19.7 Å². The average molecular weight is 422 g/mol. The number of carbonyl (C=O) groups excluding carboxylic acids is 2. The number of piperazine rings is 1. The number of nitro benzene ring substituents is 1. The molecular weight excluding hydrogens is 400 g/mol. The van der Waals surface area contributed by atoms with Crippen molar-refractivity contribution in [3.8, 4) is 0 Å². The highest BCUT2D eigenvalue weighted by Crippen LogP contribution is 2.23. The minimum atomic E-state index is -0.431. The molecule has 3 aromatic rings. The van der Waals surface area contributed by atoms with Crippen LogP contribution in [0.4, 0.5) is 11.4 Å². The lowest BCUT2D eigenvalue weighted by Gasteiger charge is -2.36. The van der Waals surface area contributed by atoms with Gasteiger partial charge in [0.05, 0.1) is 17.6 Å². The molecule has 9 heteroatoms. The van der Waals surface area contributed by atoms with Gasteiger partial charge in [0.2, 0.25) is 5.91 Å². The Bertz CT molecular complexity index is 1130. The summed E-state index contributed by atoms with van der Waals surface area (Å²) in [5, 5.41) is 11.6. The van der Waals surface area contributed by atoms with Crippen molar-refractivity contribution >= 4 is 34.2 Å². The number of anilines is 1. The number of non-ortho nitro benzene ring substituents is 1. The predicted octanol–water partition coefficient (Wildman–Crippen LogP) is 2.68. The molecular formula is C22H22N4O5. The molecule has 1 amide bonds. The molecule has 2 aromatic carbocycles. The number of amides is 1. The molecule has 0 unspecified atom stereocenters. The van der Waals surface area contributed by atoms with Crippen molar-refractivity contribution in [3.63, 3.8) is 0 Å². The van der Waals surface area contributed by atoms with Crippen molar-refractivity contribution in [2.75, 3.05) is 38.2 Å². The Morgan fingerprint density at radius 3 is 2.35 bits per heavy atom. The first-order valence-corrected chi connectivity index (χ1v) is 9.91. The van der Waals surface area contributed by atoms with Crippen molar-refractivity contribution in [3.05, 3.63) is 70.4 Å². The Morgan fingerprint density at radius 1 is 1.03 bits per heavy atom. The highest BCUT2D eigenvalue weighted by Gasteiger charge is 2.23. The maximum absolute atomic E-state index is 12.9. The number of hydrogen-bond donors (Lipinski definition) is 0. The van der Waals surface area contributed by atoms with Gasteiger partial charge in [-0.05, 0) is 18.2 Å². The summed E-state index contributed by atoms with van der Waals surface area (Å²) < 4.78 is 6.65. The number of esters is 1. The molecule has 1 aromatic heterocycles. The molecule has 0 radical (unpaired) electrons. The average Bonchev–Trinajstić information content (AvgIpc) is 3.17. The SMILES string of the molecule is COC(=O)c1cn(CC(=O)N2CCN(c3ccc([N+](=O)[O-])cc3)CC2)c2ccccc12. The van der Waals surface area contributed by atoms with Gasteiger partial charge in [0, 0.05) is 61.1 Å². The lowest BCUT2D eigenvalue weighted by molar-refractivity contribution is -0.384. The fourth-order valence-corrected chi connectivity index (χ4v) is 3.90. The number of methoxy groups -OCH3 is 1. The zero-order chi connectivity index (χ0) is 22.0. The Labute approximate surface area is 178 Å². The van der Waals surface area contributed by atoms with Crippen molar-refractivity contribution < 1.29 is 19.2 Å². The number of carbonyl (C=O) groups is 2. The largest absolute Gasteiger partial charge is 0.465 e. The molecule has 31 heavy (non-hydrogen) atoms. The number of fused-ring (bicyclic) bond motifs is 1. The fraction of sp³-hybridized carbons (Fsp3) is 0.273. The van der Waals surface area contributed by atoms with Crippen LogP contribution in [0.3, 0.4) is 0 Å². The number of nitro groups is 1. The summed E-state index contributed by atoms with van der Waals surface area (Å²) in [6.07, 6.45) is 1.67. The first-order valence-electron chi connectivity index (χ1n) is 9.91. The van der Waals surface area contributed by atoms with Gasteiger partial charge in [-0.3, -0.25) is 14.9 Å². The van der Waals surface area contributed by atoms with E-state index in [1.165, 1.54) is 19.2 Å². The van der Waals surface area contributed by atoms with E-state index < -0.39 is 10.9 Å². The standard InChI is InChI=1S/C22H22N4O5/c1-31-22(28)19-14-25(20-5-3-2-4-18(19)20)15-21(27)24-12-10-23(11-13-24)16-6-8-17(9-7-16)26(29)30/h2-9,14H,10-13,15H2,1H3. The van der Waals surface area contributed by atoms with E-state index in [-0.39, 0.29) is 18.1 Å². The highest BCUT2D eigenvalue weighted by molar-refractivity contribution is 6.04. The van der Waals surface area contributed by atoms with Crippen molar-refractivity contribution in [1.82, 2.24) is 9.47 Å². The third kappa shape index (κ3) is 4.07. The van der Waals surface area contributed by atoms with Crippen LogP contribution in [0.15, 0.2) is 54.7 Å². The monoisotopic (exact) mass is 422 g/mol. The van der Waals surface area contributed by atoms with Crippen LogP contribution in [0.1, 0.15) is 10.4 Å². The van der Waals surface area contributed by atoms with Crippen LogP contribution >= 0.6 is 0 Å². The maximum atomic E-state index is 12.9. The normalized spacial score (nSPS) is 14.0. The number of ether oxygens (including phenoxy) is 1. The molecule has 0 atom stereocenters. The molecule has 1 aliphatic heterocycles. The second-order valence-corrected chi connectivity index (χ2v) is 7.32. The molecule has 0 bridgehead atoms. The minimum Gasteiger partial charge on any atom is -0.465 e. The van der Waals surface area contributed by atoms with Gasteiger partial charge >= 0.3 is 5.97 Å². The molecule has 1 fully saturated rings. The molecule has 1 aliphatic rings. The Balaban J connectivity index is 1.43. The van der Waals surface area contributed by atoms with E-state index >= 15 is 0 Å². The van der Waals surface area contributed by atoms with Crippen LogP contribution < -0.4 is 4.90 Å². The highest BCUT2D eigenvalue weighted by atomic mass is 16.6. The topological polar surface area (TPSA) is 97.9 Å². The molecule has 4 rings (SSSR count). The number of hydrogen-bond acceptors (Lipinski definition) is 6. The van der Waals surface area contributed by atoms with Gasteiger partial charge in [0.15, 0.2) is 0 Å². The van der Waals surface area contributed by atoms with Gasteiger partial charge in [-0.1, -0.05) is 18.2 Å². The van der Waals surface area contributed by atoms with Crippen LogP contribution in [-0.4, -0.2) is 59.6 Å². The third-order valence-electron chi connectivity index (χ3n) is 5.56. The molecule has 9 nitrogen and oxygen atoms in total. The Hall–Kier alpha value is -3.88. The first-order chi connectivity index (χ1) is 15.0. The van der Waals surface area contributed by atoms with Crippen molar-refractivity contribution in [1.29, 1.82) is 0 Å². The number of para-hydroxylation sites is 1.